The van der Waals surface area contributed by atoms with E-state index in [1.807, 2.05) is 29.2 Å². The minimum absolute atomic E-state index is 0.0155. The maximum atomic E-state index is 14.4. The van der Waals surface area contributed by atoms with Crippen molar-refractivity contribution in [2.24, 2.45) is 10.8 Å². The Morgan fingerprint density at radius 3 is 2.41 bits per heavy atom. The van der Waals surface area contributed by atoms with Crippen molar-refractivity contribution >= 4 is 11.6 Å². The highest BCUT2D eigenvalue weighted by Gasteiger charge is 2.69. The van der Waals surface area contributed by atoms with Crippen LogP contribution >= 0.6 is 0 Å². The molecule has 0 spiro atoms. The Labute approximate surface area is 239 Å². The monoisotopic (exact) mass is 556 g/mol. The van der Waals surface area contributed by atoms with Crippen molar-refractivity contribution in [2.75, 3.05) is 18.6 Å². The quantitative estimate of drug-likeness (QED) is 0.284. The molecular weight excluding hydrogens is 519 g/mol. The Balaban J connectivity index is 1.06. The van der Waals surface area contributed by atoms with Crippen LogP contribution in [0.25, 0.3) is 11.1 Å². The van der Waals surface area contributed by atoms with Crippen molar-refractivity contribution in [1.29, 1.82) is 0 Å². The third-order valence-corrected chi connectivity index (χ3v) is 11.1. The molecule has 41 heavy (non-hydrogen) atoms. The number of anilines is 1. The number of ether oxygens (including phenoxy) is 1. The number of aromatic nitrogens is 3. The standard InChI is InChI=1S/C33H37FN4O3/c1-40-26-16-24(7-14-35-26)23-3-2-4-25(15-23)38(27(39)17-31-18-33(34,19-31)20-31)21-30-8-11-32(12-9-30,13-10-30)29-37-36-28(41-29)22-5-6-22/h2-4,7,14-16,22H,5-6,8-13,17-21H2,1H3. The van der Waals surface area contributed by atoms with Gasteiger partial charge >= 0.3 is 0 Å². The summed E-state index contributed by atoms with van der Waals surface area (Å²) in [4.78, 5) is 20.3. The van der Waals surface area contributed by atoms with E-state index in [1.165, 1.54) is 0 Å². The second-order valence-corrected chi connectivity index (χ2v) is 14.0. The van der Waals surface area contributed by atoms with E-state index in [0.29, 0.717) is 44.0 Å². The van der Waals surface area contributed by atoms with Crippen LogP contribution in [0.4, 0.5) is 10.1 Å². The summed E-state index contributed by atoms with van der Waals surface area (Å²) in [6.07, 6.45) is 12.3. The molecule has 10 rings (SSSR count). The van der Waals surface area contributed by atoms with Crippen molar-refractivity contribution in [2.45, 2.75) is 94.1 Å². The van der Waals surface area contributed by atoms with Crippen LogP contribution in [0.15, 0.2) is 47.0 Å². The molecule has 0 atom stereocenters. The van der Waals surface area contributed by atoms with Gasteiger partial charge in [-0.25, -0.2) is 9.37 Å². The first kappa shape index (κ1) is 25.4. The molecule has 7 aliphatic rings. The molecule has 2 heterocycles. The highest BCUT2D eigenvalue weighted by Crippen LogP contribution is 2.71. The first-order chi connectivity index (χ1) is 19.8. The van der Waals surface area contributed by atoms with Crippen LogP contribution in [0.2, 0.25) is 0 Å². The Kier molecular flexibility index (Phi) is 5.49. The van der Waals surface area contributed by atoms with Gasteiger partial charge in [-0.2, -0.15) is 0 Å². The van der Waals surface area contributed by atoms with Crippen LogP contribution in [0.5, 0.6) is 5.88 Å². The molecule has 0 unspecified atom stereocenters. The molecular formula is C33H37FN4O3. The number of halogens is 1. The minimum atomic E-state index is -1.01. The zero-order valence-corrected chi connectivity index (χ0v) is 23.7. The predicted molar refractivity (Wildman–Crippen MR) is 151 cm³/mol. The predicted octanol–water partition coefficient (Wildman–Crippen LogP) is 6.93. The van der Waals surface area contributed by atoms with Crippen molar-refractivity contribution in [1.82, 2.24) is 15.2 Å². The topological polar surface area (TPSA) is 81.4 Å². The second kappa shape index (κ2) is 8.85. The van der Waals surface area contributed by atoms with Crippen LogP contribution in [-0.2, 0) is 10.2 Å². The van der Waals surface area contributed by atoms with Crippen LogP contribution < -0.4 is 9.64 Å². The fourth-order valence-electron chi connectivity index (χ4n) is 8.44. The average Bonchev–Trinajstić information content (AvgIpc) is 3.71. The maximum absolute atomic E-state index is 14.4. The molecule has 1 amide bonds. The summed E-state index contributed by atoms with van der Waals surface area (Å²) in [5, 5.41) is 8.90. The van der Waals surface area contributed by atoms with E-state index in [2.05, 4.69) is 27.3 Å². The molecule has 7 aliphatic carbocycles. The number of pyridine rings is 1. The van der Waals surface area contributed by atoms with E-state index >= 15 is 0 Å². The van der Waals surface area contributed by atoms with Gasteiger partial charge in [0, 0.05) is 42.2 Å². The van der Waals surface area contributed by atoms with Gasteiger partial charge in [0.25, 0.3) is 0 Å². The fraction of sp³-hybridized carbons (Fsp3) is 0.576. The zero-order valence-electron chi connectivity index (χ0n) is 23.7. The molecule has 7 saturated carbocycles. The van der Waals surface area contributed by atoms with Gasteiger partial charge in [-0.15, -0.1) is 10.2 Å². The molecule has 2 aromatic heterocycles. The van der Waals surface area contributed by atoms with E-state index in [1.54, 1.807) is 13.3 Å². The van der Waals surface area contributed by atoms with E-state index < -0.39 is 5.67 Å². The summed E-state index contributed by atoms with van der Waals surface area (Å²) in [6, 6.07) is 12.1. The van der Waals surface area contributed by atoms with E-state index in [-0.39, 0.29) is 22.2 Å². The number of alkyl halides is 1. The van der Waals surface area contributed by atoms with Crippen molar-refractivity contribution in [3.63, 3.8) is 0 Å². The van der Waals surface area contributed by atoms with E-state index in [4.69, 9.17) is 9.15 Å². The first-order valence-corrected chi connectivity index (χ1v) is 15.2. The molecule has 7 fully saturated rings. The summed E-state index contributed by atoms with van der Waals surface area (Å²) in [5.74, 6) is 2.81. The summed E-state index contributed by atoms with van der Waals surface area (Å²) < 4.78 is 25.9. The van der Waals surface area contributed by atoms with Crippen molar-refractivity contribution < 1.29 is 18.3 Å². The minimum Gasteiger partial charge on any atom is -0.481 e. The van der Waals surface area contributed by atoms with Gasteiger partial charge in [-0.05, 0) is 111 Å². The van der Waals surface area contributed by atoms with Gasteiger partial charge in [0.2, 0.25) is 23.6 Å². The van der Waals surface area contributed by atoms with Crippen LogP contribution in [0, 0.1) is 10.8 Å². The van der Waals surface area contributed by atoms with Crippen LogP contribution in [0.3, 0.4) is 0 Å². The number of nitrogens with zero attached hydrogens (tertiary/aromatic N) is 4. The molecule has 0 N–H and O–H groups in total. The third kappa shape index (κ3) is 4.28. The van der Waals surface area contributed by atoms with Crippen molar-refractivity contribution in [3.8, 4) is 17.0 Å². The summed E-state index contributed by atoms with van der Waals surface area (Å²) in [7, 11) is 1.61. The van der Waals surface area contributed by atoms with Gasteiger partial charge in [0.1, 0.15) is 5.67 Å². The lowest BCUT2D eigenvalue weighted by Crippen LogP contribution is -2.65. The Morgan fingerprint density at radius 2 is 1.73 bits per heavy atom. The maximum Gasteiger partial charge on any atom is 0.227 e. The van der Waals surface area contributed by atoms with Gasteiger partial charge in [0.05, 0.1) is 7.11 Å². The van der Waals surface area contributed by atoms with E-state index in [0.717, 1.165) is 80.0 Å². The third-order valence-electron chi connectivity index (χ3n) is 11.1. The highest BCUT2D eigenvalue weighted by atomic mass is 19.1. The SMILES string of the molecule is COc1cc(-c2cccc(N(CC34CCC(c5nnc(C6CC6)o5)(CC3)CC4)C(=O)CC34CC(F)(C3)C4)c2)ccn1. The fourth-order valence-corrected chi connectivity index (χ4v) is 8.44. The summed E-state index contributed by atoms with van der Waals surface area (Å²) in [6.45, 7) is 0.693. The largest absolute Gasteiger partial charge is 0.481 e. The lowest BCUT2D eigenvalue weighted by Gasteiger charge is -2.66. The first-order valence-electron chi connectivity index (χ1n) is 15.2. The number of carbonyl (C=O) groups is 1. The normalized spacial score (nSPS) is 33.1. The second-order valence-electron chi connectivity index (χ2n) is 14.0. The number of amides is 1. The Bertz CT molecular complexity index is 1470. The number of hydrogen-bond donors (Lipinski definition) is 0. The number of methoxy groups -OCH3 is 1. The molecule has 7 nitrogen and oxygen atoms in total. The molecule has 214 valence electrons. The van der Waals surface area contributed by atoms with Crippen LogP contribution in [0.1, 0.15) is 94.7 Å². The lowest BCUT2D eigenvalue weighted by atomic mass is 9.41. The Hall–Kier alpha value is -3.29. The number of carbonyl (C=O) groups excluding carboxylic acids is 1. The molecule has 8 heteroatoms. The number of fused-ring (bicyclic) bond motifs is 3. The van der Waals surface area contributed by atoms with E-state index in [9.17, 15) is 9.18 Å². The van der Waals surface area contributed by atoms with Gasteiger partial charge in [-0.1, -0.05) is 12.1 Å². The molecule has 0 saturated heterocycles. The lowest BCUT2D eigenvalue weighted by molar-refractivity contribution is -0.215. The average molecular weight is 557 g/mol. The molecule has 0 aliphatic heterocycles. The molecule has 0 radical (unpaired) electrons. The highest BCUT2D eigenvalue weighted by molar-refractivity contribution is 5.95. The molecule has 4 bridgehead atoms. The molecule has 1 aromatic carbocycles. The van der Waals surface area contributed by atoms with Crippen LogP contribution in [-0.4, -0.2) is 40.4 Å². The van der Waals surface area contributed by atoms with Gasteiger partial charge < -0.3 is 14.1 Å². The van der Waals surface area contributed by atoms with Crippen molar-refractivity contribution in [3.05, 3.63) is 54.4 Å². The smallest absolute Gasteiger partial charge is 0.227 e. The number of rotatable bonds is 9. The van der Waals surface area contributed by atoms with Gasteiger partial charge in [-0.3, -0.25) is 4.79 Å². The number of hydrogen-bond acceptors (Lipinski definition) is 6. The number of benzene rings is 1. The summed E-state index contributed by atoms with van der Waals surface area (Å²) >= 11 is 0. The van der Waals surface area contributed by atoms with Gasteiger partial charge in [0.15, 0.2) is 0 Å². The Morgan fingerprint density at radius 1 is 1.00 bits per heavy atom. The summed E-state index contributed by atoms with van der Waals surface area (Å²) in [5.41, 5.74) is 1.82. The molecule has 3 aromatic rings. The zero-order chi connectivity index (χ0) is 27.9.